The van der Waals surface area contributed by atoms with Crippen LogP contribution in [0.4, 0.5) is 0 Å². The zero-order valence-electron chi connectivity index (χ0n) is 13.4. The van der Waals surface area contributed by atoms with Gasteiger partial charge in [0.15, 0.2) is 0 Å². The maximum absolute atomic E-state index is 9.27. The fourth-order valence-electron chi connectivity index (χ4n) is 1.52. The van der Waals surface area contributed by atoms with Crippen LogP contribution in [0.5, 0.6) is 5.75 Å². The van der Waals surface area contributed by atoms with Crippen LogP contribution >= 0.6 is 36.4 Å². The van der Waals surface area contributed by atoms with Crippen molar-refractivity contribution in [3.8, 4) is 5.75 Å². The van der Waals surface area contributed by atoms with Gasteiger partial charge in [-0.3, -0.25) is 6.08 Å². The number of rotatable bonds is 0. The molecule has 1 aliphatic rings. The summed E-state index contributed by atoms with van der Waals surface area (Å²) in [5.74, 6) is 0.229. The van der Waals surface area contributed by atoms with Crippen LogP contribution in [0.3, 0.4) is 0 Å². The van der Waals surface area contributed by atoms with Gasteiger partial charge >= 0.3 is 24.8 Å². The van der Waals surface area contributed by atoms with E-state index in [1.165, 1.54) is 11.6 Å². The number of hydrogen-bond donors (Lipinski definition) is 1. The van der Waals surface area contributed by atoms with E-state index in [0.717, 1.165) is 12.0 Å². The van der Waals surface area contributed by atoms with Crippen LogP contribution in [0.1, 0.15) is 39.7 Å². The summed E-state index contributed by atoms with van der Waals surface area (Å²) in [6, 6.07) is 5.16. The molecule has 1 nitrogen and oxygen atoms in total. The molecular formula is C17H24Cl3OTi. The average Bonchev–Trinajstić information content (AvgIpc) is 2.81. The molecule has 0 spiro atoms. The molecule has 0 heterocycles. The molecule has 22 heavy (non-hydrogen) atoms. The molecule has 0 aromatic heterocycles. The first kappa shape index (κ1) is 26.8. The van der Waals surface area contributed by atoms with Gasteiger partial charge in [0, 0.05) is 5.02 Å². The van der Waals surface area contributed by atoms with E-state index < -0.39 is 0 Å². The minimum atomic E-state index is 0. The molecule has 123 valence electrons. The molecule has 0 saturated carbocycles. The van der Waals surface area contributed by atoms with Crippen molar-refractivity contribution < 1.29 is 25.1 Å². The monoisotopic (exact) mass is 397 g/mol. The van der Waals surface area contributed by atoms with Crippen molar-refractivity contribution in [2.75, 3.05) is 0 Å². The molecule has 0 aliphatic heterocycles. The molecule has 0 atom stereocenters. The summed E-state index contributed by atoms with van der Waals surface area (Å²) < 4.78 is 0. The van der Waals surface area contributed by atoms with E-state index in [-0.39, 0.29) is 36.0 Å². The molecule has 0 bridgehead atoms. The summed E-state index contributed by atoms with van der Waals surface area (Å²) >= 11 is 7.55. The minimum absolute atomic E-state index is 0. The zero-order chi connectivity index (χ0) is 15.8. The van der Waals surface area contributed by atoms with Crippen LogP contribution in [0.2, 0.25) is 5.02 Å². The maximum atomic E-state index is 9.27. The predicted molar refractivity (Wildman–Crippen MR) is 99.6 cm³/mol. The quantitative estimate of drug-likeness (QED) is 0.429. The van der Waals surface area contributed by atoms with Crippen LogP contribution in [0.15, 0.2) is 35.9 Å². The molecule has 1 aromatic rings. The van der Waals surface area contributed by atoms with E-state index in [9.17, 15) is 5.11 Å². The van der Waals surface area contributed by atoms with Gasteiger partial charge in [0.25, 0.3) is 0 Å². The summed E-state index contributed by atoms with van der Waals surface area (Å²) in [6.07, 6.45) is 8.33. The Balaban J connectivity index is -0.000000309. The molecule has 0 amide bonds. The fraction of sp³-hybridized carbons (Fsp3) is 0.353. The SMILES string of the molecule is CC(C)(C)c1cc(O)cc(Cl)c1.CC1=[C-]CC=C1.Cl.Cl.[CH2]=[Ti+]. The Morgan fingerprint density at radius 3 is 2.00 bits per heavy atom. The molecule has 5 heteroatoms. The Hall–Kier alpha value is -0.0457. The van der Waals surface area contributed by atoms with Gasteiger partial charge in [-0.2, -0.15) is 6.08 Å². The van der Waals surface area contributed by atoms with Gasteiger partial charge in [-0.05, 0) is 29.2 Å². The Morgan fingerprint density at radius 1 is 1.18 bits per heavy atom. The van der Waals surface area contributed by atoms with Crippen LogP contribution in [-0.2, 0) is 25.4 Å². The van der Waals surface area contributed by atoms with Crippen LogP contribution in [0, 0.1) is 6.08 Å². The third-order valence-corrected chi connectivity index (χ3v) is 2.83. The first-order valence-electron chi connectivity index (χ1n) is 6.38. The number of benzene rings is 1. The van der Waals surface area contributed by atoms with Gasteiger partial charge in [0.1, 0.15) is 5.75 Å². The topological polar surface area (TPSA) is 20.2 Å². The van der Waals surface area contributed by atoms with E-state index in [0.29, 0.717) is 5.02 Å². The first-order valence-corrected chi connectivity index (χ1v) is 7.86. The Bertz CT molecular complexity index is 468. The number of allylic oxidation sites excluding steroid dienone is 4. The van der Waals surface area contributed by atoms with Crippen molar-refractivity contribution in [1.29, 1.82) is 0 Å². The van der Waals surface area contributed by atoms with Gasteiger partial charge in [-0.1, -0.05) is 39.3 Å². The normalized spacial score (nSPS) is 11.7. The molecule has 2 rings (SSSR count). The summed E-state index contributed by atoms with van der Waals surface area (Å²) in [4.78, 5) is 3.25. The van der Waals surface area contributed by atoms with Crippen molar-refractivity contribution in [2.24, 2.45) is 0 Å². The standard InChI is InChI=1S/C10H13ClO.C6H7.CH2.2ClH.Ti/c1-10(2,3)7-4-8(11)6-9(12)5-7;1-6-4-2-3-5-6;;;;/h4-6,12H,1-3H3;2,4H,3H2,1H3;1H2;2*1H;/q;-1;;;;+1. The molecule has 1 aromatic carbocycles. The number of hydrogen-bond acceptors (Lipinski definition) is 1. The third kappa shape index (κ3) is 11.5. The summed E-state index contributed by atoms with van der Waals surface area (Å²) in [7, 11) is 0. The molecular weight excluding hydrogens is 374 g/mol. The summed E-state index contributed by atoms with van der Waals surface area (Å²) in [6.45, 7) is 8.30. The number of phenols is 1. The second-order valence-electron chi connectivity index (χ2n) is 5.41. The molecule has 0 radical (unpaired) electrons. The second kappa shape index (κ2) is 13.4. The fourth-order valence-corrected chi connectivity index (χ4v) is 1.75. The van der Waals surface area contributed by atoms with Gasteiger partial charge in [-0.25, -0.2) is 11.6 Å². The van der Waals surface area contributed by atoms with Crippen molar-refractivity contribution in [3.63, 3.8) is 0 Å². The van der Waals surface area contributed by atoms with E-state index in [2.05, 4.69) is 50.7 Å². The van der Waals surface area contributed by atoms with E-state index in [4.69, 9.17) is 11.6 Å². The third-order valence-electron chi connectivity index (χ3n) is 2.62. The Morgan fingerprint density at radius 2 is 1.73 bits per heavy atom. The van der Waals surface area contributed by atoms with Crippen molar-refractivity contribution in [3.05, 3.63) is 52.6 Å². The Labute approximate surface area is 163 Å². The zero-order valence-corrected chi connectivity index (χ0v) is 17.4. The first-order chi connectivity index (χ1) is 9.29. The molecule has 1 aliphatic carbocycles. The number of phenolic OH excluding ortho intramolecular Hbond substituents is 1. The van der Waals surface area contributed by atoms with Gasteiger partial charge in [0.2, 0.25) is 0 Å². The average molecular weight is 399 g/mol. The number of halogens is 3. The van der Waals surface area contributed by atoms with Crippen LogP contribution in [-0.4, -0.2) is 9.92 Å². The predicted octanol–water partition coefficient (Wildman–Crippen LogP) is 5.85. The number of aromatic hydroxyl groups is 1. The molecule has 1 N–H and O–H groups in total. The Kier molecular flexibility index (Phi) is 16.3. The summed E-state index contributed by atoms with van der Waals surface area (Å²) in [5, 5.41) is 9.86. The molecule has 0 unspecified atom stereocenters. The van der Waals surface area contributed by atoms with Gasteiger partial charge < -0.3 is 5.11 Å². The molecule has 0 fully saturated rings. The van der Waals surface area contributed by atoms with Gasteiger partial charge in [-0.15, -0.1) is 31.2 Å². The summed E-state index contributed by atoms with van der Waals surface area (Å²) in [5.41, 5.74) is 2.35. The van der Waals surface area contributed by atoms with Crippen molar-refractivity contribution >= 4 is 41.2 Å². The van der Waals surface area contributed by atoms with Crippen molar-refractivity contribution in [2.45, 2.75) is 39.5 Å². The second-order valence-corrected chi connectivity index (χ2v) is 5.85. The van der Waals surface area contributed by atoms with E-state index >= 15 is 0 Å². The van der Waals surface area contributed by atoms with E-state index in [1.807, 2.05) is 6.07 Å². The van der Waals surface area contributed by atoms with E-state index in [1.54, 1.807) is 26.0 Å². The van der Waals surface area contributed by atoms with Crippen LogP contribution in [0.25, 0.3) is 0 Å². The molecule has 0 saturated heterocycles. The van der Waals surface area contributed by atoms with Gasteiger partial charge in [0.05, 0.1) is 0 Å². The van der Waals surface area contributed by atoms with Crippen molar-refractivity contribution in [1.82, 2.24) is 0 Å². The van der Waals surface area contributed by atoms with Crippen LogP contribution < -0.4 is 0 Å².